The molecular weight excluding hydrogens is 241 g/mol. The molecule has 0 unspecified atom stereocenters. The number of oxazole rings is 1. The minimum Gasteiger partial charge on any atom is -0.429 e. The van der Waals surface area contributed by atoms with E-state index < -0.39 is 0 Å². The van der Waals surface area contributed by atoms with Crippen LogP contribution in [0.2, 0.25) is 10.0 Å². The molecule has 1 aromatic carbocycles. The van der Waals surface area contributed by atoms with Crippen LogP contribution in [-0.4, -0.2) is 4.98 Å². The Morgan fingerprint density at radius 3 is 2.64 bits per heavy atom. The van der Waals surface area contributed by atoms with Crippen molar-refractivity contribution in [2.75, 3.05) is 0 Å². The van der Waals surface area contributed by atoms with Crippen molar-refractivity contribution in [2.24, 2.45) is 0 Å². The molecule has 1 aromatic heterocycles. The molecule has 72 valence electrons. The summed E-state index contributed by atoms with van der Waals surface area (Å²) in [5.74, 6) is 0.608. The summed E-state index contributed by atoms with van der Waals surface area (Å²) < 4.78 is 5.22. The molecule has 2 aromatic rings. The van der Waals surface area contributed by atoms with E-state index in [2.05, 4.69) is 4.98 Å². The lowest BCUT2D eigenvalue weighted by Crippen LogP contribution is -1.75. The van der Waals surface area contributed by atoms with Crippen LogP contribution in [0.5, 0.6) is 0 Å². The first kappa shape index (κ1) is 9.77. The van der Waals surface area contributed by atoms with E-state index in [-0.39, 0.29) is 0 Å². The Morgan fingerprint density at radius 2 is 2.07 bits per heavy atom. The minimum absolute atomic E-state index is 0.325. The van der Waals surface area contributed by atoms with E-state index in [1.54, 1.807) is 24.4 Å². The molecule has 5 heteroatoms. The number of hydrogen-bond donors (Lipinski definition) is 1. The van der Waals surface area contributed by atoms with Crippen LogP contribution < -0.4 is 0 Å². The average Bonchev–Trinajstić information content (AvgIpc) is 2.51. The van der Waals surface area contributed by atoms with Crippen molar-refractivity contribution >= 4 is 35.4 Å². The molecule has 0 spiro atoms. The summed E-state index contributed by atoms with van der Waals surface area (Å²) in [5.41, 5.74) is 0.767. The highest BCUT2D eigenvalue weighted by molar-refractivity contribution is 7.71. The Labute approximate surface area is 95.5 Å². The highest BCUT2D eigenvalue weighted by Gasteiger charge is 2.06. The molecule has 0 aliphatic carbocycles. The fourth-order valence-electron chi connectivity index (χ4n) is 1.11. The number of nitrogens with one attached hydrogen (secondary N) is 1. The number of rotatable bonds is 1. The Kier molecular flexibility index (Phi) is 2.63. The predicted molar refractivity (Wildman–Crippen MR) is 59.3 cm³/mol. The van der Waals surface area contributed by atoms with Crippen molar-refractivity contribution in [3.8, 4) is 11.3 Å². The lowest BCUT2D eigenvalue weighted by Gasteiger charge is -1.99. The molecular formula is C9H5Cl2NOS. The van der Waals surface area contributed by atoms with E-state index in [0.29, 0.717) is 20.6 Å². The van der Waals surface area contributed by atoms with Gasteiger partial charge in [-0.1, -0.05) is 23.2 Å². The zero-order valence-corrected chi connectivity index (χ0v) is 9.21. The van der Waals surface area contributed by atoms with E-state index in [1.165, 1.54) is 0 Å². The van der Waals surface area contributed by atoms with E-state index in [0.717, 1.165) is 5.56 Å². The van der Waals surface area contributed by atoms with Crippen LogP contribution in [-0.2, 0) is 0 Å². The van der Waals surface area contributed by atoms with E-state index in [1.807, 2.05) is 0 Å². The average molecular weight is 246 g/mol. The first-order valence-electron chi connectivity index (χ1n) is 3.81. The molecule has 2 rings (SSSR count). The van der Waals surface area contributed by atoms with Gasteiger partial charge < -0.3 is 9.40 Å². The Bertz CT molecular complexity index is 518. The summed E-state index contributed by atoms with van der Waals surface area (Å²) in [6.07, 6.45) is 1.66. The van der Waals surface area contributed by atoms with Gasteiger partial charge in [-0.05, 0) is 30.4 Å². The topological polar surface area (TPSA) is 28.9 Å². The maximum atomic E-state index is 5.98. The van der Waals surface area contributed by atoms with Gasteiger partial charge in [0.25, 0.3) is 4.84 Å². The maximum absolute atomic E-state index is 5.98. The highest BCUT2D eigenvalue weighted by Crippen LogP contribution is 2.29. The lowest BCUT2D eigenvalue weighted by atomic mass is 10.2. The number of halogens is 2. The second kappa shape index (κ2) is 3.77. The first-order chi connectivity index (χ1) is 6.66. The molecule has 0 amide bonds. The summed E-state index contributed by atoms with van der Waals surface area (Å²) in [7, 11) is 0. The fourth-order valence-corrected chi connectivity index (χ4v) is 1.76. The second-order valence-corrected chi connectivity index (χ2v) is 3.88. The number of benzene rings is 1. The third kappa shape index (κ3) is 1.85. The Balaban J connectivity index is 2.57. The van der Waals surface area contributed by atoms with E-state index in [4.69, 9.17) is 39.8 Å². The zero-order chi connectivity index (χ0) is 10.1. The van der Waals surface area contributed by atoms with Gasteiger partial charge in [-0.15, -0.1) is 0 Å². The van der Waals surface area contributed by atoms with Gasteiger partial charge in [0.2, 0.25) is 0 Å². The lowest BCUT2D eigenvalue weighted by molar-refractivity contribution is 0.554. The third-order valence-corrected chi connectivity index (χ3v) is 2.47. The molecule has 0 saturated carbocycles. The second-order valence-electron chi connectivity index (χ2n) is 2.67. The molecule has 0 bridgehead atoms. The van der Waals surface area contributed by atoms with Crippen LogP contribution in [0.1, 0.15) is 0 Å². The number of aromatic amines is 1. The number of aromatic nitrogens is 1. The Morgan fingerprint density at radius 1 is 1.29 bits per heavy atom. The first-order valence-corrected chi connectivity index (χ1v) is 4.97. The van der Waals surface area contributed by atoms with Gasteiger partial charge >= 0.3 is 0 Å². The molecule has 14 heavy (non-hydrogen) atoms. The SMILES string of the molecule is S=c1[nH]cc(-c2ccc(Cl)cc2Cl)o1. The van der Waals surface area contributed by atoms with Gasteiger partial charge in [-0.25, -0.2) is 0 Å². The van der Waals surface area contributed by atoms with Crippen LogP contribution >= 0.6 is 35.4 Å². The summed E-state index contributed by atoms with van der Waals surface area (Å²) in [4.78, 5) is 3.09. The van der Waals surface area contributed by atoms with Crippen LogP contribution in [0, 0.1) is 4.84 Å². The van der Waals surface area contributed by atoms with Crippen LogP contribution in [0.4, 0.5) is 0 Å². The van der Waals surface area contributed by atoms with Gasteiger partial charge in [-0.3, -0.25) is 0 Å². The molecule has 0 aliphatic rings. The monoisotopic (exact) mass is 245 g/mol. The summed E-state index contributed by atoms with van der Waals surface area (Å²) >= 11 is 16.6. The molecule has 0 atom stereocenters. The molecule has 0 saturated heterocycles. The minimum atomic E-state index is 0.325. The Hall–Kier alpha value is -0.770. The van der Waals surface area contributed by atoms with Crippen molar-refractivity contribution in [2.45, 2.75) is 0 Å². The van der Waals surface area contributed by atoms with Crippen LogP contribution in [0.15, 0.2) is 28.8 Å². The van der Waals surface area contributed by atoms with Gasteiger partial charge in [0.15, 0.2) is 5.76 Å². The van der Waals surface area contributed by atoms with Crippen LogP contribution in [0.25, 0.3) is 11.3 Å². The third-order valence-electron chi connectivity index (χ3n) is 1.72. The summed E-state index contributed by atoms with van der Waals surface area (Å²) in [6, 6.07) is 5.18. The van der Waals surface area contributed by atoms with Gasteiger partial charge in [-0.2, -0.15) is 0 Å². The summed E-state index contributed by atoms with van der Waals surface area (Å²) in [6.45, 7) is 0. The van der Waals surface area contributed by atoms with Crippen molar-refractivity contribution in [1.82, 2.24) is 4.98 Å². The van der Waals surface area contributed by atoms with E-state index in [9.17, 15) is 0 Å². The molecule has 0 aliphatic heterocycles. The van der Waals surface area contributed by atoms with Gasteiger partial charge in [0, 0.05) is 16.8 Å². The van der Waals surface area contributed by atoms with Crippen LogP contribution in [0.3, 0.4) is 0 Å². The summed E-state index contributed by atoms with van der Waals surface area (Å²) in [5, 5.41) is 1.13. The normalized spacial score (nSPS) is 10.4. The number of H-pyrrole nitrogens is 1. The standard InChI is InChI=1S/C9H5Cl2NOS/c10-5-1-2-6(7(11)3-5)8-4-12-9(14)13-8/h1-4H,(H,12,14). The maximum Gasteiger partial charge on any atom is 0.266 e. The van der Waals surface area contributed by atoms with Crippen molar-refractivity contribution in [1.29, 1.82) is 0 Å². The van der Waals surface area contributed by atoms with Gasteiger partial charge in [0.05, 0.1) is 5.02 Å². The molecule has 2 nitrogen and oxygen atoms in total. The predicted octanol–water partition coefficient (Wildman–Crippen LogP) is 4.31. The molecule has 0 radical (unpaired) electrons. The quantitative estimate of drug-likeness (QED) is 0.759. The van der Waals surface area contributed by atoms with Crippen molar-refractivity contribution in [3.05, 3.63) is 39.3 Å². The van der Waals surface area contributed by atoms with Gasteiger partial charge in [0.1, 0.15) is 0 Å². The van der Waals surface area contributed by atoms with Crippen molar-refractivity contribution in [3.63, 3.8) is 0 Å². The fraction of sp³-hybridized carbons (Fsp3) is 0. The molecule has 0 fully saturated rings. The zero-order valence-electron chi connectivity index (χ0n) is 6.88. The number of hydrogen-bond acceptors (Lipinski definition) is 2. The van der Waals surface area contributed by atoms with E-state index >= 15 is 0 Å². The molecule has 1 heterocycles. The largest absolute Gasteiger partial charge is 0.429 e. The smallest absolute Gasteiger partial charge is 0.266 e. The highest BCUT2D eigenvalue weighted by atomic mass is 35.5. The van der Waals surface area contributed by atoms with Crippen molar-refractivity contribution < 1.29 is 4.42 Å². The molecule has 1 N–H and O–H groups in total.